The summed E-state index contributed by atoms with van der Waals surface area (Å²) in [6.07, 6.45) is 5.28. The number of carbonyl (C=O) groups is 2. The van der Waals surface area contributed by atoms with Gasteiger partial charge in [0.2, 0.25) is 0 Å². The van der Waals surface area contributed by atoms with E-state index < -0.39 is 0 Å². The third-order valence-corrected chi connectivity index (χ3v) is 3.43. The van der Waals surface area contributed by atoms with Gasteiger partial charge in [-0.3, -0.25) is 4.79 Å². The van der Waals surface area contributed by atoms with Crippen molar-refractivity contribution < 1.29 is 14.3 Å². The van der Waals surface area contributed by atoms with E-state index in [1.54, 1.807) is 0 Å². The van der Waals surface area contributed by atoms with Gasteiger partial charge in [0, 0.05) is 5.92 Å². The highest BCUT2D eigenvalue weighted by molar-refractivity contribution is 5.78. The van der Waals surface area contributed by atoms with Crippen LogP contribution in [-0.4, -0.2) is 18.9 Å². The first kappa shape index (κ1) is 8.73. The summed E-state index contributed by atoms with van der Waals surface area (Å²) in [4.78, 5) is 22.0. The Bertz CT molecular complexity index is 226. The van der Waals surface area contributed by atoms with E-state index >= 15 is 0 Å². The van der Waals surface area contributed by atoms with Crippen LogP contribution < -0.4 is 0 Å². The van der Waals surface area contributed by atoms with Gasteiger partial charge in [0.1, 0.15) is 6.29 Å². The van der Waals surface area contributed by atoms with Gasteiger partial charge in [0.25, 0.3) is 0 Å². The van der Waals surface area contributed by atoms with Gasteiger partial charge in [-0.15, -0.1) is 0 Å². The zero-order chi connectivity index (χ0) is 9.31. The van der Waals surface area contributed by atoms with E-state index in [9.17, 15) is 9.59 Å². The first-order chi connectivity index (χ1) is 6.27. The average Bonchev–Trinajstić information content (AvgIpc) is 2.50. The molecule has 1 saturated carbocycles. The SMILES string of the molecule is O=CC1CCC2(CCOC2=O)CC1. The van der Waals surface area contributed by atoms with Crippen molar-refractivity contribution in [2.45, 2.75) is 32.1 Å². The van der Waals surface area contributed by atoms with E-state index in [1.807, 2.05) is 0 Å². The van der Waals surface area contributed by atoms with Crippen molar-refractivity contribution in [3.8, 4) is 0 Å². The number of hydrogen-bond donors (Lipinski definition) is 0. The van der Waals surface area contributed by atoms with Crippen LogP contribution in [0.4, 0.5) is 0 Å². The molecule has 1 saturated heterocycles. The average molecular weight is 182 g/mol. The van der Waals surface area contributed by atoms with Crippen molar-refractivity contribution in [3.05, 3.63) is 0 Å². The standard InChI is InChI=1S/C10H14O3/c11-7-8-1-3-10(4-2-8)5-6-13-9(10)12/h7-8H,1-6H2. The van der Waals surface area contributed by atoms with E-state index in [-0.39, 0.29) is 17.3 Å². The molecule has 3 heteroatoms. The lowest BCUT2D eigenvalue weighted by Crippen LogP contribution is -2.32. The van der Waals surface area contributed by atoms with Gasteiger partial charge in [0.05, 0.1) is 12.0 Å². The zero-order valence-electron chi connectivity index (χ0n) is 7.62. The Kier molecular flexibility index (Phi) is 2.10. The van der Waals surface area contributed by atoms with Crippen LogP contribution in [0, 0.1) is 11.3 Å². The lowest BCUT2D eigenvalue weighted by atomic mass is 9.70. The second-order valence-electron chi connectivity index (χ2n) is 4.14. The third-order valence-electron chi connectivity index (χ3n) is 3.43. The monoisotopic (exact) mass is 182 g/mol. The third kappa shape index (κ3) is 1.36. The minimum absolute atomic E-state index is 0.0307. The molecule has 13 heavy (non-hydrogen) atoms. The Morgan fingerprint density at radius 1 is 1.31 bits per heavy atom. The van der Waals surface area contributed by atoms with Crippen LogP contribution in [0.5, 0.6) is 0 Å². The fourth-order valence-electron chi connectivity index (χ4n) is 2.38. The molecule has 0 unspecified atom stereocenters. The minimum atomic E-state index is -0.209. The Morgan fingerprint density at radius 2 is 2.00 bits per heavy atom. The van der Waals surface area contributed by atoms with E-state index in [0.717, 1.165) is 38.4 Å². The molecule has 0 aromatic carbocycles. The van der Waals surface area contributed by atoms with E-state index in [4.69, 9.17) is 4.74 Å². The predicted molar refractivity (Wildman–Crippen MR) is 46.0 cm³/mol. The van der Waals surface area contributed by atoms with Crippen molar-refractivity contribution in [2.24, 2.45) is 11.3 Å². The molecule has 2 fully saturated rings. The van der Waals surface area contributed by atoms with E-state index in [2.05, 4.69) is 0 Å². The maximum atomic E-state index is 11.4. The van der Waals surface area contributed by atoms with Gasteiger partial charge in [-0.2, -0.15) is 0 Å². The molecule has 0 radical (unpaired) electrons. The van der Waals surface area contributed by atoms with Crippen molar-refractivity contribution in [3.63, 3.8) is 0 Å². The molecule has 0 amide bonds. The van der Waals surface area contributed by atoms with Crippen molar-refractivity contribution in [1.29, 1.82) is 0 Å². The number of ether oxygens (including phenoxy) is 1. The summed E-state index contributed by atoms with van der Waals surface area (Å²) in [5.74, 6) is 0.149. The molecule has 0 bridgehead atoms. The molecular weight excluding hydrogens is 168 g/mol. The summed E-state index contributed by atoms with van der Waals surface area (Å²) in [6, 6.07) is 0. The first-order valence-corrected chi connectivity index (χ1v) is 4.89. The molecule has 1 spiro atoms. The quantitative estimate of drug-likeness (QED) is 0.453. The summed E-state index contributed by atoms with van der Waals surface area (Å²) in [7, 11) is 0. The Balaban J connectivity index is 2.03. The van der Waals surface area contributed by atoms with Crippen molar-refractivity contribution in [2.75, 3.05) is 6.61 Å². The molecule has 0 aromatic rings. The molecule has 1 heterocycles. The molecule has 3 nitrogen and oxygen atoms in total. The lowest BCUT2D eigenvalue weighted by Gasteiger charge is -2.31. The predicted octanol–water partition coefficient (Wildman–Crippen LogP) is 1.31. The van der Waals surface area contributed by atoms with Gasteiger partial charge in [-0.1, -0.05) is 0 Å². The van der Waals surface area contributed by atoms with Crippen LogP contribution in [-0.2, 0) is 14.3 Å². The van der Waals surface area contributed by atoms with Crippen LogP contribution >= 0.6 is 0 Å². The van der Waals surface area contributed by atoms with E-state index in [0.29, 0.717) is 6.61 Å². The number of esters is 1. The van der Waals surface area contributed by atoms with Crippen molar-refractivity contribution in [1.82, 2.24) is 0 Å². The molecule has 1 aliphatic carbocycles. The number of carbonyl (C=O) groups excluding carboxylic acids is 2. The Labute approximate surface area is 77.4 Å². The second kappa shape index (κ2) is 3.13. The number of cyclic esters (lactones) is 1. The smallest absolute Gasteiger partial charge is 0.312 e. The fraction of sp³-hybridized carbons (Fsp3) is 0.800. The van der Waals surface area contributed by atoms with Crippen LogP contribution in [0.3, 0.4) is 0 Å². The normalized spacial score (nSPS) is 39.1. The summed E-state index contributed by atoms with van der Waals surface area (Å²) in [6.45, 7) is 0.574. The molecule has 2 aliphatic rings. The number of rotatable bonds is 1. The highest BCUT2D eigenvalue weighted by atomic mass is 16.5. The van der Waals surface area contributed by atoms with E-state index in [1.165, 1.54) is 0 Å². The van der Waals surface area contributed by atoms with Crippen LogP contribution in [0.2, 0.25) is 0 Å². The Morgan fingerprint density at radius 3 is 2.46 bits per heavy atom. The summed E-state index contributed by atoms with van der Waals surface area (Å²) in [5.41, 5.74) is -0.209. The molecular formula is C10H14O3. The lowest BCUT2D eigenvalue weighted by molar-refractivity contribution is -0.148. The molecule has 0 N–H and O–H groups in total. The molecule has 0 aromatic heterocycles. The van der Waals surface area contributed by atoms with Gasteiger partial charge in [0.15, 0.2) is 0 Å². The highest BCUT2D eigenvalue weighted by Gasteiger charge is 2.46. The first-order valence-electron chi connectivity index (χ1n) is 4.89. The second-order valence-corrected chi connectivity index (χ2v) is 4.14. The summed E-state index contributed by atoms with van der Waals surface area (Å²) in [5, 5.41) is 0. The minimum Gasteiger partial charge on any atom is -0.465 e. The molecule has 72 valence electrons. The number of aldehydes is 1. The zero-order valence-corrected chi connectivity index (χ0v) is 7.62. The maximum Gasteiger partial charge on any atom is 0.312 e. The van der Waals surface area contributed by atoms with Gasteiger partial charge < -0.3 is 9.53 Å². The fourth-order valence-corrected chi connectivity index (χ4v) is 2.38. The van der Waals surface area contributed by atoms with Gasteiger partial charge in [-0.05, 0) is 32.1 Å². The number of hydrogen-bond acceptors (Lipinski definition) is 3. The molecule has 0 atom stereocenters. The maximum absolute atomic E-state index is 11.4. The van der Waals surface area contributed by atoms with Gasteiger partial charge in [-0.25, -0.2) is 0 Å². The largest absolute Gasteiger partial charge is 0.465 e. The van der Waals surface area contributed by atoms with Crippen LogP contribution in [0.15, 0.2) is 0 Å². The van der Waals surface area contributed by atoms with Gasteiger partial charge >= 0.3 is 5.97 Å². The Hall–Kier alpha value is -0.860. The summed E-state index contributed by atoms with van der Waals surface area (Å²) >= 11 is 0. The van der Waals surface area contributed by atoms with Crippen LogP contribution in [0.25, 0.3) is 0 Å². The molecule has 2 rings (SSSR count). The molecule has 1 aliphatic heterocycles. The summed E-state index contributed by atoms with van der Waals surface area (Å²) < 4.78 is 4.99. The van der Waals surface area contributed by atoms with Crippen LogP contribution in [0.1, 0.15) is 32.1 Å². The highest BCUT2D eigenvalue weighted by Crippen LogP contribution is 2.44. The van der Waals surface area contributed by atoms with Crippen molar-refractivity contribution >= 4 is 12.3 Å². The topological polar surface area (TPSA) is 43.4 Å².